The summed E-state index contributed by atoms with van der Waals surface area (Å²) in [5.41, 5.74) is 6.21. The highest BCUT2D eigenvalue weighted by molar-refractivity contribution is 5.86. The molecule has 2 rings (SSSR count). The van der Waals surface area contributed by atoms with Crippen molar-refractivity contribution in [1.82, 2.24) is 10.3 Å². The third kappa shape index (κ3) is 2.95. The van der Waals surface area contributed by atoms with Crippen LogP contribution in [-0.2, 0) is 6.54 Å². The van der Waals surface area contributed by atoms with Gasteiger partial charge in [-0.2, -0.15) is 0 Å². The first-order valence-corrected chi connectivity index (χ1v) is 7.12. The molecule has 1 unspecified atom stereocenters. The average Bonchev–Trinajstić information content (AvgIpc) is 2.40. The fourth-order valence-corrected chi connectivity index (χ4v) is 2.32. The molecule has 1 heterocycles. The van der Waals surface area contributed by atoms with Crippen LogP contribution in [-0.4, -0.2) is 11.0 Å². The third-order valence-corrected chi connectivity index (χ3v) is 3.97. The molecule has 0 aliphatic heterocycles. The summed E-state index contributed by atoms with van der Waals surface area (Å²) in [6.07, 6.45) is 1.15. The lowest BCUT2D eigenvalue weighted by atomic mass is 10.0. The van der Waals surface area contributed by atoms with Crippen molar-refractivity contribution in [2.24, 2.45) is 0 Å². The minimum Gasteiger partial charge on any atom is -0.310 e. The van der Waals surface area contributed by atoms with Crippen molar-refractivity contribution in [3.8, 4) is 0 Å². The van der Waals surface area contributed by atoms with Gasteiger partial charge in [-0.15, -0.1) is 0 Å². The lowest BCUT2D eigenvalue weighted by Gasteiger charge is -2.15. The van der Waals surface area contributed by atoms with Crippen LogP contribution >= 0.6 is 0 Å². The lowest BCUT2D eigenvalue weighted by Crippen LogP contribution is -2.24. The van der Waals surface area contributed by atoms with E-state index in [0.717, 1.165) is 24.2 Å². The van der Waals surface area contributed by atoms with Gasteiger partial charge in [0.25, 0.3) is 0 Å². The van der Waals surface area contributed by atoms with Crippen LogP contribution in [0.5, 0.6) is 0 Å². The van der Waals surface area contributed by atoms with Crippen molar-refractivity contribution >= 4 is 10.9 Å². The number of benzene rings is 1. The summed E-state index contributed by atoms with van der Waals surface area (Å²) in [7, 11) is 0. The van der Waals surface area contributed by atoms with Crippen LogP contribution in [0.2, 0.25) is 0 Å². The Morgan fingerprint density at radius 1 is 1.21 bits per heavy atom. The molecule has 0 bridgehead atoms. The van der Waals surface area contributed by atoms with E-state index in [2.05, 4.69) is 58.1 Å². The predicted octanol–water partition coefficient (Wildman–Crippen LogP) is 4.05. The van der Waals surface area contributed by atoms with Crippen LogP contribution in [0, 0.1) is 20.8 Å². The molecule has 1 aromatic carbocycles. The Morgan fingerprint density at radius 2 is 1.95 bits per heavy atom. The van der Waals surface area contributed by atoms with Crippen LogP contribution < -0.4 is 5.32 Å². The number of pyridine rings is 1. The molecule has 0 saturated carbocycles. The van der Waals surface area contributed by atoms with Gasteiger partial charge in [-0.1, -0.05) is 19.1 Å². The van der Waals surface area contributed by atoms with E-state index in [-0.39, 0.29) is 0 Å². The van der Waals surface area contributed by atoms with Crippen LogP contribution in [0.4, 0.5) is 0 Å². The Morgan fingerprint density at radius 3 is 2.63 bits per heavy atom. The fourth-order valence-electron chi connectivity index (χ4n) is 2.32. The monoisotopic (exact) mass is 256 g/mol. The average molecular weight is 256 g/mol. The second kappa shape index (κ2) is 5.70. The Bertz CT molecular complexity index is 587. The number of fused-ring (bicyclic) bond motifs is 1. The Kier molecular flexibility index (Phi) is 4.20. The first-order chi connectivity index (χ1) is 9.02. The summed E-state index contributed by atoms with van der Waals surface area (Å²) in [6, 6.07) is 7.15. The van der Waals surface area contributed by atoms with Crippen LogP contribution in [0.1, 0.15) is 42.7 Å². The summed E-state index contributed by atoms with van der Waals surface area (Å²) in [5.74, 6) is 0. The first-order valence-electron chi connectivity index (χ1n) is 7.12. The molecule has 1 N–H and O–H groups in total. The Hall–Kier alpha value is -1.41. The van der Waals surface area contributed by atoms with E-state index in [1.54, 1.807) is 0 Å². The van der Waals surface area contributed by atoms with E-state index < -0.39 is 0 Å². The molecule has 102 valence electrons. The van der Waals surface area contributed by atoms with Gasteiger partial charge in [0.2, 0.25) is 0 Å². The maximum atomic E-state index is 4.72. The molecular weight excluding hydrogens is 232 g/mol. The molecule has 0 aliphatic rings. The molecule has 2 heteroatoms. The standard InChI is InChI=1S/C17H24N2/c1-6-12(3)18-10-15-9-13(4)19-17-14(5)11(2)7-8-16(15)17/h7-9,12,18H,6,10H2,1-5H3. The summed E-state index contributed by atoms with van der Waals surface area (Å²) in [5, 5.41) is 4.86. The number of nitrogens with one attached hydrogen (secondary N) is 1. The van der Waals surface area contributed by atoms with E-state index in [1.165, 1.54) is 22.1 Å². The molecule has 1 aromatic heterocycles. The van der Waals surface area contributed by atoms with Gasteiger partial charge in [0.15, 0.2) is 0 Å². The number of rotatable bonds is 4. The maximum Gasteiger partial charge on any atom is 0.0740 e. The minimum absolute atomic E-state index is 0.551. The normalized spacial score (nSPS) is 12.9. The topological polar surface area (TPSA) is 24.9 Å². The van der Waals surface area contributed by atoms with E-state index in [9.17, 15) is 0 Å². The quantitative estimate of drug-likeness (QED) is 0.892. The summed E-state index contributed by atoms with van der Waals surface area (Å²) < 4.78 is 0. The van der Waals surface area contributed by atoms with Gasteiger partial charge in [0.1, 0.15) is 0 Å². The molecule has 0 spiro atoms. The zero-order valence-electron chi connectivity index (χ0n) is 12.7. The van der Waals surface area contributed by atoms with Crippen molar-refractivity contribution in [1.29, 1.82) is 0 Å². The number of hydrogen-bond acceptors (Lipinski definition) is 2. The first kappa shape index (κ1) is 14.0. The second-order valence-corrected chi connectivity index (χ2v) is 5.52. The predicted molar refractivity (Wildman–Crippen MR) is 82.5 cm³/mol. The molecular formula is C17H24N2. The molecule has 0 aliphatic carbocycles. The van der Waals surface area contributed by atoms with Crippen LogP contribution in [0.15, 0.2) is 18.2 Å². The molecule has 2 aromatic rings. The van der Waals surface area contributed by atoms with E-state index >= 15 is 0 Å². The van der Waals surface area contributed by atoms with Gasteiger partial charge in [-0.05, 0) is 56.9 Å². The number of aryl methyl sites for hydroxylation is 3. The number of hydrogen-bond donors (Lipinski definition) is 1. The summed E-state index contributed by atoms with van der Waals surface area (Å²) in [4.78, 5) is 4.72. The molecule has 19 heavy (non-hydrogen) atoms. The van der Waals surface area contributed by atoms with E-state index in [4.69, 9.17) is 4.98 Å². The summed E-state index contributed by atoms with van der Waals surface area (Å²) in [6.45, 7) is 11.7. The van der Waals surface area contributed by atoms with Crippen molar-refractivity contribution in [2.75, 3.05) is 0 Å². The van der Waals surface area contributed by atoms with Gasteiger partial charge < -0.3 is 5.32 Å². The highest BCUT2D eigenvalue weighted by Gasteiger charge is 2.08. The van der Waals surface area contributed by atoms with Crippen molar-refractivity contribution < 1.29 is 0 Å². The molecule has 0 radical (unpaired) electrons. The van der Waals surface area contributed by atoms with Gasteiger partial charge in [-0.25, -0.2) is 0 Å². The van der Waals surface area contributed by atoms with Gasteiger partial charge in [-0.3, -0.25) is 4.98 Å². The second-order valence-electron chi connectivity index (χ2n) is 5.52. The zero-order valence-corrected chi connectivity index (χ0v) is 12.7. The smallest absolute Gasteiger partial charge is 0.0740 e. The fraction of sp³-hybridized carbons (Fsp3) is 0.471. The SMILES string of the molecule is CCC(C)NCc1cc(C)nc2c(C)c(C)ccc12. The van der Waals surface area contributed by atoms with Crippen LogP contribution in [0.25, 0.3) is 10.9 Å². The Labute approximate surface area is 116 Å². The lowest BCUT2D eigenvalue weighted by molar-refractivity contribution is 0.535. The van der Waals surface area contributed by atoms with Crippen molar-refractivity contribution in [3.63, 3.8) is 0 Å². The third-order valence-electron chi connectivity index (χ3n) is 3.97. The Balaban J connectivity index is 2.46. The zero-order chi connectivity index (χ0) is 14.0. The van der Waals surface area contributed by atoms with Gasteiger partial charge >= 0.3 is 0 Å². The highest BCUT2D eigenvalue weighted by atomic mass is 14.9. The maximum absolute atomic E-state index is 4.72. The molecule has 1 atom stereocenters. The molecule has 0 fully saturated rings. The van der Waals surface area contributed by atoms with E-state index in [1.807, 2.05) is 0 Å². The minimum atomic E-state index is 0.551. The number of aromatic nitrogens is 1. The van der Waals surface area contributed by atoms with Crippen LogP contribution in [0.3, 0.4) is 0 Å². The van der Waals surface area contributed by atoms with Crippen molar-refractivity contribution in [2.45, 2.75) is 53.6 Å². The van der Waals surface area contributed by atoms with Gasteiger partial charge in [0, 0.05) is 23.7 Å². The highest BCUT2D eigenvalue weighted by Crippen LogP contribution is 2.24. The van der Waals surface area contributed by atoms with Gasteiger partial charge in [0.05, 0.1) is 5.52 Å². The largest absolute Gasteiger partial charge is 0.310 e. The van der Waals surface area contributed by atoms with E-state index in [0.29, 0.717) is 6.04 Å². The molecule has 0 amide bonds. The van der Waals surface area contributed by atoms with Crippen molar-refractivity contribution in [3.05, 3.63) is 40.6 Å². The molecule has 0 saturated heterocycles. The molecule has 2 nitrogen and oxygen atoms in total. The summed E-state index contributed by atoms with van der Waals surface area (Å²) >= 11 is 0. The number of nitrogens with zero attached hydrogens (tertiary/aromatic N) is 1.